The van der Waals surface area contributed by atoms with Crippen LogP contribution in [0.25, 0.3) is 0 Å². The lowest BCUT2D eigenvalue weighted by Gasteiger charge is -2.18. The van der Waals surface area contributed by atoms with E-state index in [4.69, 9.17) is 9.47 Å². The number of hydrogen-bond donors (Lipinski definition) is 0. The Morgan fingerprint density at radius 3 is 2.14 bits per heavy atom. The maximum atomic E-state index is 5.54. The quantitative estimate of drug-likeness (QED) is 0.497. The van der Waals surface area contributed by atoms with Crippen LogP contribution in [0.2, 0.25) is 0 Å². The molecule has 0 N–H and O–H groups in total. The van der Waals surface area contributed by atoms with Crippen molar-refractivity contribution in [2.24, 2.45) is 11.8 Å². The molecule has 3 heteroatoms. The summed E-state index contributed by atoms with van der Waals surface area (Å²) in [6, 6.07) is 0. The molecule has 0 aliphatic rings. The monoisotopic (exact) mass is 266 g/mol. The minimum Gasteiger partial charge on any atom is -0.379 e. The van der Waals surface area contributed by atoms with Gasteiger partial charge in [-0.25, -0.2) is 0 Å². The second-order valence-corrected chi connectivity index (χ2v) is 4.80. The van der Waals surface area contributed by atoms with Gasteiger partial charge in [0.25, 0.3) is 0 Å². The van der Waals surface area contributed by atoms with E-state index in [9.17, 15) is 0 Å². The van der Waals surface area contributed by atoms with E-state index in [-0.39, 0.29) is 0 Å². The molecule has 0 saturated carbocycles. The van der Waals surface area contributed by atoms with Crippen LogP contribution in [0.3, 0.4) is 0 Å². The highest BCUT2D eigenvalue weighted by Crippen LogP contribution is 2.13. The average molecular weight is 267 g/mol. The van der Waals surface area contributed by atoms with Crippen LogP contribution >= 0.6 is 15.9 Å². The largest absolute Gasteiger partial charge is 0.379 e. The minimum absolute atomic E-state index is 0.302. The van der Waals surface area contributed by atoms with Crippen LogP contribution in [-0.2, 0) is 9.47 Å². The fourth-order valence-corrected chi connectivity index (χ4v) is 1.93. The molecule has 0 radical (unpaired) electrons. The molecule has 0 aromatic heterocycles. The molecule has 0 fully saturated rings. The van der Waals surface area contributed by atoms with Crippen LogP contribution in [0, 0.1) is 11.8 Å². The number of hydrogen-bond acceptors (Lipinski definition) is 2. The molecule has 0 aromatic carbocycles. The van der Waals surface area contributed by atoms with Crippen LogP contribution in [0.4, 0.5) is 0 Å². The average Bonchev–Trinajstić information content (AvgIpc) is 2.10. The molecule has 0 aromatic rings. The van der Waals surface area contributed by atoms with Gasteiger partial charge in [0.2, 0.25) is 0 Å². The van der Waals surface area contributed by atoms with Gasteiger partial charge < -0.3 is 9.47 Å². The molecular weight excluding hydrogens is 244 g/mol. The maximum absolute atomic E-state index is 5.54. The highest BCUT2D eigenvalue weighted by Gasteiger charge is 2.11. The number of rotatable bonds is 8. The Bertz CT molecular complexity index is 126. The molecule has 0 saturated heterocycles. The topological polar surface area (TPSA) is 18.5 Å². The van der Waals surface area contributed by atoms with Gasteiger partial charge in [-0.1, -0.05) is 29.8 Å². The van der Waals surface area contributed by atoms with Crippen molar-refractivity contribution in [1.82, 2.24) is 0 Å². The molecule has 0 rings (SSSR count). The second-order valence-electron chi connectivity index (χ2n) is 4.15. The summed E-state index contributed by atoms with van der Waals surface area (Å²) < 4.78 is 10.9. The van der Waals surface area contributed by atoms with Crippen LogP contribution in [0.1, 0.15) is 27.7 Å². The van der Waals surface area contributed by atoms with E-state index in [1.54, 1.807) is 0 Å². The summed E-state index contributed by atoms with van der Waals surface area (Å²) >= 11 is 3.50. The molecule has 0 heterocycles. The van der Waals surface area contributed by atoms with Gasteiger partial charge in [0.05, 0.1) is 25.9 Å². The van der Waals surface area contributed by atoms with Gasteiger partial charge in [0, 0.05) is 5.33 Å². The van der Waals surface area contributed by atoms with E-state index in [1.807, 2.05) is 13.8 Å². The van der Waals surface area contributed by atoms with Crippen LogP contribution in [0.15, 0.2) is 0 Å². The van der Waals surface area contributed by atoms with Crippen LogP contribution in [-0.4, -0.2) is 31.3 Å². The summed E-state index contributed by atoms with van der Waals surface area (Å²) in [6.45, 7) is 10.7. The normalized spacial score (nSPS) is 13.9. The Morgan fingerprint density at radius 1 is 1.07 bits per heavy atom. The number of ether oxygens (including phenoxy) is 2. The van der Waals surface area contributed by atoms with Gasteiger partial charge in [0.1, 0.15) is 0 Å². The Labute approximate surface area is 96.5 Å². The SMILES string of the molecule is CC(C)OCCOCC(CBr)C(C)C. The summed E-state index contributed by atoms with van der Waals surface area (Å²) in [5, 5.41) is 1.01. The summed E-state index contributed by atoms with van der Waals surface area (Å²) in [5.41, 5.74) is 0. The molecule has 1 unspecified atom stereocenters. The van der Waals surface area contributed by atoms with Crippen molar-refractivity contribution in [2.45, 2.75) is 33.8 Å². The summed E-state index contributed by atoms with van der Waals surface area (Å²) in [6.07, 6.45) is 0.302. The standard InChI is InChI=1S/C11H23BrO2/c1-9(2)11(7-12)8-13-5-6-14-10(3)4/h9-11H,5-8H2,1-4H3. The zero-order chi connectivity index (χ0) is 11.0. The first-order valence-electron chi connectivity index (χ1n) is 5.33. The molecule has 1 atom stereocenters. The van der Waals surface area contributed by atoms with Gasteiger partial charge >= 0.3 is 0 Å². The summed E-state index contributed by atoms with van der Waals surface area (Å²) in [4.78, 5) is 0. The Balaban J connectivity index is 3.33. The summed E-state index contributed by atoms with van der Waals surface area (Å²) in [5.74, 6) is 1.27. The van der Waals surface area contributed by atoms with E-state index in [0.29, 0.717) is 31.2 Å². The van der Waals surface area contributed by atoms with Gasteiger partial charge in [-0.05, 0) is 25.7 Å². The lowest BCUT2D eigenvalue weighted by Crippen LogP contribution is -2.19. The van der Waals surface area contributed by atoms with Crippen molar-refractivity contribution in [3.05, 3.63) is 0 Å². The molecule has 0 spiro atoms. The van der Waals surface area contributed by atoms with E-state index < -0.39 is 0 Å². The predicted octanol–water partition coefficient (Wildman–Crippen LogP) is 3.10. The zero-order valence-electron chi connectivity index (χ0n) is 9.75. The molecule has 0 aliphatic carbocycles. The molecule has 86 valence electrons. The van der Waals surface area contributed by atoms with E-state index in [2.05, 4.69) is 29.8 Å². The third-order valence-electron chi connectivity index (χ3n) is 2.15. The van der Waals surface area contributed by atoms with Crippen molar-refractivity contribution in [3.63, 3.8) is 0 Å². The van der Waals surface area contributed by atoms with Crippen LogP contribution in [0.5, 0.6) is 0 Å². The summed E-state index contributed by atoms with van der Waals surface area (Å²) in [7, 11) is 0. The van der Waals surface area contributed by atoms with Crippen molar-refractivity contribution in [1.29, 1.82) is 0 Å². The molecule has 14 heavy (non-hydrogen) atoms. The highest BCUT2D eigenvalue weighted by molar-refractivity contribution is 9.09. The first-order valence-corrected chi connectivity index (χ1v) is 6.45. The maximum Gasteiger partial charge on any atom is 0.0703 e. The fraction of sp³-hybridized carbons (Fsp3) is 1.00. The molecule has 2 nitrogen and oxygen atoms in total. The van der Waals surface area contributed by atoms with Gasteiger partial charge in [-0.2, -0.15) is 0 Å². The Kier molecular flexibility index (Phi) is 8.94. The number of alkyl halides is 1. The Hall–Kier alpha value is 0.400. The molecule has 0 bridgehead atoms. The fourth-order valence-electron chi connectivity index (χ4n) is 0.993. The minimum atomic E-state index is 0.302. The lowest BCUT2D eigenvalue weighted by atomic mass is 9.99. The predicted molar refractivity (Wildman–Crippen MR) is 64.0 cm³/mol. The van der Waals surface area contributed by atoms with E-state index in [1.165, 1.54) is 0 Å². The lowest BCUT2D eigenvalue weighted by molar-refractivity contribution is 0.00786. The van der Waals surface area contributed by atoms with Gasteiger partial charge in [0.15, 0.2) is 0 Å². The second kappa shape index (κ2) is 8.69. The van der Waals surface area contributed by atoms with Crippen molar-refractivity contribution < 1.29 is 9.47 Å². The van der Waals surface area contributed by atoms with Crippen molar-refractivity contribution in [2.75, 3.05) is 25.2 Å². The Morgan fingerprint density at radius 2 is 1.71 bits per heavy atom. The van der Waals surface area contributed by atoms with E-state index >= 15 is 0 Å². The number of halogens is 1. The van der Waals surface area contributed by atoms with Crippen molar-refractivity contribution >= 4 is 15.9 Å². The molecule has 0 amide bonds. The van der Waals surface area contributed by atoms with Gasteiger partial charge in [-0.3, -0.25) is 0 Å². The highest BCUT2D eigenvalue weighted by atomic mass is 79.9. The van der Waals surface area contributed by atoms with Crippen molar-refractivity contribution in [3.8, 4) is 0 Å². The first kappa shape index (κ1) is 14.4. The third kappa shape index (κ3) is 7.77. The van der Waals surface area contributed by atoms with Gasteiger partial charge in [-0.15, -0.1) is 0 Å². The molecule has 0 aliphatic heterocycles. The smallest absolute Gasteiger partial charge is 0.0703 e. The van der Waals surface area contributed by atoms with E-state index in [0.717, 1.165) is 11.9 Å². The zero-order valence-corrected chi connectivity index (χ0v) is 11.3. The third-order valence-corrected chi connectivity index (χ3v) is 2.98. The van der Waals surface area contributed by atoms with Crippen LogP contribution < -0.4 is 0 Å². The molecular formula is C11H23BrO2. The first-order chi connectivity index (χ1) is 6.57.